The van der Waals surface area contributed by atoms with E-state index in [-0.39, 0.29) is 11.7 Å². The first-order valence-electron chi connectivity index (χ1n) is 8.40. The molecule has 140 valence electrons. The molecule has 0 aliphatic carbocycles. The van der Waals surface area contributed by atoms with E-state index in [2.05, 4.69) is 5.32 Å². The molecule has 1 unspecified atom stereocenters. The molecular weight excluding hydrogens is 348 g/mol. The molecule has 0 bridgehead atoms. The van der Waals surface area contributed by atoms with Crippen LogP contribution in [0.3, 0.4) is 0 Å². The van der Waals surface area contributed by atoms with Gasteiger partial charge in [0.05, 0.1) is 10.5 Å². The standard InChI is InChI=1S/C20H26N2O3S/c1-19(2,3)26(24,25)14-15-9-8-12-17(13-15)22-18(23)20(4,21)16-10-6-5-7-11-16/h5-13H,14,21H2,1-4H3,(H,22,23). The Kier molecular flexibility index (Phi) is 5.58. The van der Waals surface area contributed by atoms with E-state index in [4.69, 9.17) is 5.73 Å². The average molecular weight is 375 g/mol. The summed E-state index contributed by atoms with van der Waals surface area (Å²) in [6.07, 6.45) is 0. The van der Waals surface area contributed by atoms with E-state index in [1.165, 1.54) is 0 Å². The van der Waals surface area contributed by atoms with Crippen LogP contribution in [0.25, 0.3) is 0 Å². The van der Waals surface area contributed by atoms with Gasteiger partial charge in [-0.05, 0) is 51.0 Å². The van der Waals surface area contributed by atoms with Crippen molar-refractivity contribution in [1.82, 2.24) is 0 Å². The smallest absolute Gasteiger partial charge is 0.248 e. The van der Waals surface area contributed by atoms with Crippen molar-refractivity contribution in [3.05, 3.63) is 65.7 Å². The molecule has 1 amide bonds. The summed E-state index contributed by atoms with van der Waals surface area (Å²) in [6.45, 7) is 6.67. The summed E-state index contributed by atoms with van der Waals surface area (Å²) < 4.78 is 23.9. The quantitative estimate of drug-likeness (QED) is 0.841. The van der Waals surface area contributed by atoms with Crippen molar-refractivity contribution in [3.63, 3.8) is 0 Å². The summed E-state index contributed by atoms with van der Waals surface area (Å²) in [7, 11) is -3.30. The summed E-state index contributed by atoms with van der Waals surface area (Å²) in [5, 5.41) is 2.79. The monoisotopic (exact) mass is 374 g/mol. The maximum Gasteiger partial charge on any atom is 0.248 e. The molecule has 1 atom stereocenters. The topological polar surface area (TPSA) is 89.3 Å². The average Bonchev–Trinajstić information content (AvgIpc) is 2.54. The molecule has 0 saturated heterocycles. The highest BCUT2D eigenvalue weighted by Crippen LogP contribution is 2.24. The van der Waals surface area contributed by atoms with Crippen LogP contribution in [0.1, 0.15) is 38.8 Å². The van der Waals surface area contributed by atoms with Crippen molar-refractivity contribution in [2.24, 2.45) is 5.73 Å². The van der Waals surface area contributed by atoms with E-state index in [1.54, 1.807) is 64.1 Å². The van der Waals surface area contributed by atoms with Crippen molar-refractivity contribution < 1.29 is 13.2 Å². The first-order valence-corrected chi connectivity index (χ1v) is 10.1. The summed E-state index contributed by atoms with van der Waals surface area (Å²) in [4.78, 5) is 12.6. The largest absolute Gasteiger partial charge is 0.324 e. The van der Waals surface area contributed by atoms with Gasteiger partial charge in [-0.15, -0.1) is 0 Å². The number of hydrogen-bond donors (Lipinski definition) is 2. The number of amides is 1. The van der Waals surface area contributed by atoms with Gasteiger partial charge in [0.25, 0.3) is 0 Å². The number of rotatable bonds is 5. The Labute approximate surface area is 155 Å². The number of sulfone groups is 1. The molecule has 5 nitrogen and oxygen atoms in total. The molecule has 2 aromatic carbocycles. The van der Waals surface area contributed by atoms with Crippen molar-refractivity contribution in [2.75, 3.05) is 5.32 Å². The van der Waals surface area contributed by atoms with Crippen LogP contribution in [0.4, 0.5) is 5.69 Å². The molecule has 6 heteroatoms. The fraction of sp³-hybridized carbons (Fsp3) is 0.350. The Morgan fingerprint density at radius 1 is 1.00 bits per heavy atom. The van der Waals surface area contributed by atoms with Crippen LogP contribution < -0.4 is 11.1 Å². The number of carbonyl (C=O) groups excluding carboxylic acids is 1. The van der Waals surface area contributed by atoms with Gasteiger partial charge in [-0.25, -0.2) is 8.42 Å². The maximum atomic E-state index is 12.6. The number of carbonyl (C=O) groups is 1. The fourth-order valence-corrected chi connectivity index (χ4v) is 3.40. The van der Waals surface area contributed by atoms with Crippen LogP contribution in [0.5, 0.6) is 0 Å². The molecule has 0 heterocycles. The van der Waals surface area contributed by atoms with Gasteiger partial charge in [-0.3, -0.25) is 4.79 Å². The molecular formula is C20H26N2O3S. The second kappa shape index (κ2) is 7.21. The number of hydrogen-bond acceptors (Lipinski definition) is 4. The third kappa shape index (κ3) is 4.51. The van der Waals surface area contributed by atoms with Gasteiger partial charge in [-0.1, -0.05) is 42.5 Å². The molecule has 0 fully saturated rings. The minimum Gasteiger partial charge on any atom is -0.324 e. The lowest BCUT2D eigenvalue weighted by Crippen LogP contribution is -2.45. The Morgan fingerprint density at radius 2 is 1.62 bits per heavy atom. The zero-order chi connectivity index (χ0) is 19.6. The zero-order valence-corrected chi connectivity index (χ0v) is 16.4. The lowest BCUT2D eigenvalue weighted by atomic mass is 9.92. The van der Waals surface area contributed by atoms with Gasteiger partial charge in [0.1, 0.15) is 5.54 Å². The van der Waals surface area contributed by atoms with Crippen LogP contribution in [0.15, 0.2) is 54.6 Å². The van der Waals surface area contributed by atoms with E-state index >= 15 is 0 Å². The third-order valence-electron chi connectivity index (χ3n) is 4.32. The number of benzene rings is 2. The minimum atomic E-state index is -3.30. The summed E-state index contributed by atoms with van der Waals surface area (Å²) in [5.74, 6) is -0.446. The molecule has 0 saturated carbocycles. The molecule has 0 aliphatic heterocycles. The normalized spacial score (nSPS) is 14.5. The Morgan fingerprint density at radius 3 is 2.19 bits per heavy atom. The Balaban J connectivity index is 2.20. The highest BCUT2D eigenvalue weighted by Gasteiger charge is 2.31. The van der Waals surface area contributed by atoms with Gasteiger partial charge in [0.15, 0.2) is 9.84 Å². The molecule has 0 aliphatic rings. The van der Waals surface area contributed by atoms with Gasteiger partial charge >= 0.3 is 0 Å². The molecule has 26 heavy (non-hydrogen) atoms. The number of nitrogens with one attached hydrogen (secondary N) is 1. The van der Waals surface area contributed by atoms with Gasteiger partial charge in [-0.2, -0.15) is 0 Å². The predicted octanol–water partition coefficient (Wildman–Crippen LogP) is 3.21. The van der Waals surface area contributed by atoms with Gasteiger partial charge < -0.3 is 11.1 Å². The van der Waals surface area contributed by atoms with Gasteiger partial charge in [0, 0.05) is 5.69 Å². The number of anilines is 1. The lowest BCUT2D eigenvalue weighted by molar-refractivity contribution is -0.120. The lowest BCUT2D eigenvalue weighted by Gasteiger charge is -2.24. The second-order valence-corrected chi connectivity index (χ2v) is 10.3. The van der Waals surface area contributed by atoms with Crippen LogP contribution in [0.2, 0.25) is 0 Å². The SMILES string of the molecule is CC(N)(C(=O)Nc1cccc(CS(=O)(=O)C(C)(C)C)c1)c1ccccc1. The molecule has 0 spiro atoms. The highest BCUT2D eigenvalue weighted by atomic mass is 32.2. The fourth-order valence-electron chi connectivity index (χ4n) is 2.35. The van der Waals surface area contributed by atoms with Gasteiger partial charge in [0.2, 0.25) is 5.91 Å². The van der Waals surface area contributed by atoms with Crippen molar-refractivity contribution in [2.45, 2.75) is 43.7 Å². The van der Waals surface area contributed by atoms with Crippen LogP contribution >= 0.6 is 0 Å². The maximum absolute atomic E-state index is 12.6. The second-order valence-electron chi connectivity index (χ2n) is 7.59. The van der Waals surface area contributed by atoms with Crippen molar-refractivity contribution in [3.8, 4) is 0 Å². The molecule has 0 radical (unpaired) electrons. The van der Waals surface area contributed by atoms with E-state index in [0.717, 1.165) is 0 Å². The molecule has 0 aromatic heterocycles. The first kappa shape index (κ1) is 20.1. The minimum absolute atomic E-state index is 0.0845. The van der Waals surface area contributed by atoms with E-state index in [0.29, 0.717) is 16.8 Å². The van der Waals surface area contributed by atoms with E-state index in [9.17, 15) is 13.2 Å². The summed E-state index contributed by atoms with van der Waals surface area (Å²) in [5.41, 5.74) is 6.86. The van der Waals surface area contributed by atoms with E-state index in [1.807, 2.05) is 18.2 Å². The molecule has 3 N–H and O–H groups in total. The summed E-state index contributed by atoms with van der Waals surface area (Å²) >= 11 is 0. The predicted molar refractivity (Wildman–Crippen MR) is 105 cm³/mol. The Bertz CT molecular complexity index is 883. The summed E-state index contributed by atoms with van der Waals surface area (Å²) in [6, 6.07) is 15.9. The van der Waals surface area contributed by atoms with Crippen LogP contribution in [-0.4, -0.2) is 19.1 Å². The zero-order valence-electron chi connectivity index (χ0n) is 15.6. The Hall–Kier alpha value is -2.18. The number of nitrogens with two attached hydrogens (primary N) is 1. The first-order chi connectivity index (χ1) is 11.9. The molecule has 2 rings (SSSR count). The van der Waals surface area contributed by atoms with Crippen molar-refractivity contribution in [1.29, 1.82) is 0 Å². The molecule has 2 aromatic rings. The highest BCUT2D eigenvalue weighted by molar-refractivity contribution is 7.91. The van der Waals surface area contributed by atoms with Crippen LogP contribution in [0, 0.1) is 0 Å². The van der Waals surface area contributed by atoms with Crippen molar-refractivity contribution >= 4 is 21.4 Å². The third-order valence-corrected chi connectivity index (χ3v) is 6.90. The van der Waals surface area contributed by atoms with E-state index < -0.39 is 20.1 Å². The van der Waals surface area contributed by atoms with Crippen LogP contribution in [-0.2, 0) is 25.9 Å².